The Labute approximate surface area is 191 Å². The van der Waals surface area contributed by atoms with Crippen LogP contribution in [0.4, 0.5) is 5.69 Å². The Bertz CT molecular complexity index is 1180. The van der Waals surface area contributed by atoms with Gasteiger partial charge in [-0.15, -0.1) is 0 Å². The molecule has 2 heterocycles. The summed E-state index contributed by atoms with van der Waals surface area (Å²) in [5, 5.41) is 3.28. The molecule has 8 heteroatoms. The second kappa shape index (κ2) is 9.36. The molecule has 0 atom stereocenters. The number of halogens is 1. The summed E-state index contributed by atoms with van der Waals surface area (Å²) in [5.41, 5.74) is 2.05. The molecule has 1 amide bonds. The molecule has 0 aliphatic carbocycles. The van der Waals surface area contributed by atoms with Crippen LogP contribution in [0.25, 0.3) is 17.4 Å². The number of furan rings is 1. The Balaban J connectivity index is 1.48. The predicted octanol–water partition coefficient (Wildman–Crippen LogP) is 5.78. The van der Waals surface area contributed by atoms with E-state index in [-0.39, 0.29) is 11.9 Å². The van der Waals surface area contributed by atoms with E-state index in [0.29, 0.717) is 33.8 Å². The fraction of sp³-hybridized carbons (Fsp3) is 0.0870. The van der Waals surface area contributed by atoms with Gasteiger partial charge in [0.05, 0.1) is 22.8 Å². The van der Waals surface area contributed by atoms with Crippen LogP contribution in [0.2, 0.25) is 0 Å². The molecule has 1 aliphatic rings. The molecule has 3 aromatic rings. The SMILES string of the molecule is CCOC(=O)c1ccc(-c2ccc(/C=C3\SC(=Nc4ccc(Br)cc4)NC3=O)o2)cc1. The van der Waals surface area contributed by atoms with Crippen molar-refractivity contribution in [1.29, 1.82) is 0 Å². The quantitative estimate of drug-likeness (QED) is 0.357. The summed E-state index contributed by atoms with van der Waals surface area (Å²) < 4.78 is 11.8. The normalized spacial score (nSPS) is 16.0. The summed E-state index contributed by atoms with van der Waals surface area (Å²) in [4.78, 5) is 29.0. The number of ether oxygens (including phenoxy) is 1. The minimum absolute atomic E-state index is 0.224. The molecule has 0 unspecified atom stereocenters. The summed E-state index contributed by atoms with van der Waals surface area (Å²) in [6, 6.07) is 18.1. The summed E-state index contributed by atoms with van der Waals surface area (Å²) in [6.45, 7) is 2.10. The lowest BCUT2D eigenvalue weighted by molar-refractivity contribution is -0.115. The summed E-state index contributed by atoms with van der Waals surface area (Å²) >= 11 is 4.64. The maximum atomic E-state index is 12.3. The van der Waals surface area contributed by atoms with Crippen molar-refractivity contribution in [2.75, 3.05) is 6.61 Å². The van der Waals surface area contributed by atoms with Crippen molar-refractivity contribution in [1.82, 2.24) is 5.32 Å². The van der Waals surface area contributed by atoms with Crippen molar-refractivity contribution < 1.29 is 18.7 Å². The lowest BCUT2D eigenvalue weighted by Crippen LogP contribution is -2.19. The maximum Gasteiger partial charge on any atom is 0.338 e. The highest BCUT2D eigenvalue weighted by Crippen LogP contribution is 2.30. The Morgan fingerprint density at radius 2 is 1.87 bits per heavy atom. The third-order valence-corrected chi connectivity index (χ3v) is 5.73. The van der Waals surface area contributed by atoms with Gasteiger partial charge >= 0.3 is 5.97 Å². The minimum atomic E-state index is -0.358. The molecule has 31 heavy (non-hydrogen) atoms. The molecule has 1 aromatic heterocycles. The van der Waals surface area contributed by atoms with Crippen LogP contribution in [0.5, 0.6) is 0 Å². The zero-order valence-corrected chi connectivity index (χ0v) is 18.8. The molecular formula is C23H17BrN2O4S. The third kappa shape index (κ3) is 5.15. The summed E-state index contributed by atoms with van der Waals surface area (Å²) in [6.07, 6.45) is 1.68. The molecule has 1 aliphatic heterocycles. The zero-order valence-electron chi connectivity index (χ0n) is 16.4. The summed E-state index contributed by atoms with van der Waals surface area (Å²) in [5.74, 6) is 0.600. The van der Waals surface area contributed by atoms with Crippen molar-refractivity contribution in [2.45, 2.75) is 6.92 Å². The average Bonchev–Trinajstić information content (AvgIpc) is 3.37. The molecule has 0 spiro atoms. The van der Waals surface area contributed by atoms with E-state index in [2.05, 4.69) is 26.2 Å². The number of aliphatic imine (C=N–C) groups is 1. The number of carbonyl (C=O) groups is 2. The van der Waals surface area contributed by atoms with E-state index in [0.717, 1.165) is 15.7 Å². The van der Waals surface area contributed by atoms with E-state index in [1.165, 1.54) is 11.8 Å². The molecule has 4 rings (SSSR count). The first-order chi connectivity index (χ1) is 15.0. The van der Waals surface area contributed by atoms with E-state index in [9.17, 15) is 9.59 Å². The number of thioether (sulfide) groups is 1. The molecule has 0 bridgehead atoms. The molecule has 6 nitrogen and oxygen atoms in total. The lowest BCUT2D eigenvalue weighted by atomic mass is 10.1. The van der Waals surface area contributed by atoms with E-state index in [1.807, 2.05) is 30.3 Å². The molecule has 1 N–H and O–H groups in total. The number of nitrogens with one attached hydrogen (secondary N) is 1. The van der Waals surface area contributed by atoms with E-state index < -0.39 is 0 Å². The summed E-state index contributed by atoms with van der Waals surface area (Å²) in [7, 11) is 0. The highest BCUT2D eigenvalue weighted by atomic mass is 79.9. The Morgan fingerprint density at radius 3 is 2.58 bits per heavy atom. The molecule has 0 radical (unpaired) electrons. The van der Waals surface area contributed by atoms with Crippen LogP contribution in [0, 0.1) is 0 Å². The number of carbonyl (C=O) groups excluding carboxylic acids is 2. The zero-order chi connectivity index (χ0) is 21.8. The van der Waals surface area contributed by atoms with Gasteiger partial charge in [0.15, 0.2) is 5.17 Å². The van der Waals surface area contributed by atoms with Crippen molar-refractivity contribution in [3.05, 3.63) is 81.4 Å². The minimum Gasteiger partial charge on any atom is -0.462 e. The van der Waals surface area contributed by atoms with Gasteiger partial charge in [-0.25, -0.2) is 9.79 Å². The van der Waals surface area contributed by atoms with Gasteiger partial charge < -0.3 is 14.5 Å². The van der Waals surface area contributed by atoms with Crippen LogP contribution in [0.3, 0.4) is 0 Å². The first-order valence-corrected chi connectivity index (χ1v) is 11.1. The molecular weight excluding hydrogens is 480 g/mol. The first-order valence-electron chi connectivity index (χ1n) is 9.44. The van der Waals surface area contributed by atoms with Crippen LogP contribution in [0.1, 0.15) is 23.0 Å². The van der Waals surface area contributed by atoms with Gasteiger partial charge in [-0.2, -0.15) is 0 Å². The first kappa shape index (κ1) is 21.1. The molecule has 2 aromatic carbocycles. The number of benzene rings is 2. The number of rotatable bonds is 5. The van der Waals surface area contributed by atoms with Gasteiger partial charge in [0.2, 0.25) is 0 Å². The van der Waals surface area contributed by atoms with Crippen LogP contribution in [-0.2, 0) is 9.53 Å². The Hall–Kier alpha value is -3.10. The number of amides is 1. The van der Waals surface area contributed by atoms with Crippen LogP contribution in [0.15, 0.2) is 79.5 Å². The predicted molar refractivity (Wildman–Crippen MR) is 125 cm³/mol. The van der Waals surface area contributed by atoms with Gasteiger partial charge in [0.25, 0.3) is 5.91 Å². The highest BCUT2D eigenvalue weighted by Gasteiger charge is 2.24. The molecule has 156 valence electrons. The molecule has 1 saturated heterocycles. The second-order valence-corrected chi connectivity index (χ2v) is 8.40. The monoisotopic (exact) mass is 496 g/mol. The number of hydrogen-bond donors (Lipinski definition) is 1. The van der Waals surface area contributed by atoms with E-state index in [4.69, 9.17) is 9.15 Å². The smallest absolute Gasteiger partial charge is 0.338 e. The van der Waals surface area contributed by atoms with E-state index in [1.54, 1.807) is 43.3 Å². The fourth-order valence-electron chi connectivity index (χ4n) is 2.81. The average molecular weight is 497 g/mol. The fourth-order valence-corrected chi connectivity index (χ4v) is 3.90. The number of nitrogens with zero attached hydrogens (tertiary/aromatic N) is 1. The van der Waals surface area contributed by atoms with Gasteiger partial charge in [0, 0.05) is 16.1 Å². The number of amidine groups is 1. The van der Waals surface area contributed by atoms with Gasteiger partial charge in [-0.05, 0) is 67.2 Å². The second-order valence-electron chi connectivity index (χ2n) is 6.46. The Morgan fingerprint density at radius 1 is 1.13 bits per heavy atom. The van der Waals surface area contributed by atoms with Crippen molar-refractivity contribution in [2.24, 2.45) is 4.99 Å². The topological polar surface area (TPSA) is 80.9 Å². The lowest BCUT2D eigenvalue weighted by Gasteiger charge is -2.02. The third-order valence-electron chi connectivity index (χ3n) is 4.29. The van der Waals surface area contributed by atoms with Gasteiger partial charge in [0.1, 0.15) is 11.5 Å². The van der Waals surface area contributed by atoms with E-state index >= 15 is 0 Å². The largest absolute Gasteiger partial charge is 0.462 e. The van der Waals surface area contributed by atoms with Crippen molar-refractivity contribution in [3.63, 3.8) is 0 Å². The standard InChI is InChI=1S/C23H17BrN2O4S/c1-2-29-22(28)15-5-3-14(4-6-15)19-12-11-18(30-19)13-20-21(27)26-23(31-20)25-17-9-7-16(24)8-10-17/h3-13H,2H2,1H3,(H,25,26,27)/b20-13-. The van der Waals surface area contributed by atoms with Crippen LogP contribution < -0.4 is 5.32 Å². The number of hydrogen-bond acceptors (Lipinski definition) is 6. The number of esters is 1. The van der Waals surface area contributed by atoms with Crippen LogP contribution in [-0.4, -0.2) is 23.7 Å². The highest BCUT2D eigenvalue weighted by molar-refractivity contribution is 9.10. The molecule has 0 saturated carbocycles. The molecule has 1 fully saturated rings. The van der Waals surface area contributed by atoms with Gasteiger partial charge in [-0.3, -0.25) is 4.79 Å². The van der Waals surface area contributed by atoms with Crippen LogP contribution >= 0.6 is 27.7 Å². The van der Waals surface area contributed by atoms with Crippen molar-refractivity contribution >= 4 is 56.5 Å². The van der Waals surface area contributed by atoms with Gasteiger partial charge in [-0.1, -0.05) is 28.1 Å². The maximum absolute atomic E-state index is 12.3. The Kier molecular flexibility index (Phi) is 6.39. The van der Waals surface area contributed by atoms with Crippen molar-refractivity contribution in [3.8, 4) is 11.3 Å².